The second-order valence-electron chi connectivity index (χ2n) is 22.9. The Labute approximate surface area is 457 Å². The Morgan fingerprint density at radius 1 is 0.377 bits per heavy atom. The number of nitrogens with zero attached hydrogens (tertiary/aromatic N) is 2. The van der Waals surface area contributed by atoms with Crippen LogP contribution in [0.15, 0.2) is 221 Å². The summed E-state index contributed by atoms with van der Waals surface area (Å²) in [6, 6.07) is 78.1. The second kappa shape index (κ2) is 17.1. The lowest BCUT2D eigenvalue weighted by Crippen LogP contribution is -2.59. The zero-order chi connectivity index (χ0) is 51.9. The predicted molar refractivity (Wildman–Crippen MR) is 330 cm³/mol. The summed E-state index contributed by atoms with van der Waals surface area (Å²) in [7, 11) is 0. The van der Waals surface area contributed by atoms with Crippen molar-refractivity contribution in [3.05, 3.63) is 223 Å². The van der Waals surface area contributed by atoms with Gasteiger partial charge in [-0.1, -0.05) is 157 Å². The number of thiophene rings is 2. The van der Waals surface area contributed by atoms with Crippen molar-refractivity contribution in [2.45, 2.75) is 52.4 Å². The summed E-state index contributed by atoms with van der Waals surface area (Å²) in [4.78, 5) is 5.25. The fourth-order valence-corrected chi connectivity index (χ4v) is 14.7. The molecule has 6 heterocycles. The maximum Gasteiger partial charge on any atom is 0.277 e. The first-order valence-corrected chi connectivity index (χ1v) is 28.3. The molecule has 2 aliphatic rings. The third-order valence-electron chi connectivity index (χ3n) is 16.0. The minimum Gasteiger partial charge on any atom is -0.456 e. The molecule has 0 spiro atoms. The molecule has 15 rings (SSSR count). The highest BCUT2D eigenvalue weighted by Gasteiger charge is 2.47. The number of para-hydroxylation sites is 2. The van der Waals surface area contributed by atoms with E-state index in [4.69, 9.17) is 8.83 Å². The van der Waals surface area contributed by atoms with Gasteiger partial charge in [-0.2, -0.15) is 0 Å². The van der Waals surface area contributed by atoms with Crippen LogP contribution in [0, 0.1) is 0 Å². The Balaban J connectivity index is 1.04. The topological polar surface area (TPSA) is 32.8 Å². The van der Waals surface area contributed by atoms with Gasteiger partial charge in [-0.25, -0.2) is 0 Å². The summed E-state index contributed by atoms with van der Waals surface area (Å²) in [5.74, 6) is 1.70. The number of hydrogen-bond donors (Lipinski definition) is 0. The Hall–Kier alpha value is -8.36. The fraction of sp³-hybridized carbons (Fsp3) is 0.114. The zero-order valence-electron chi connectivity index (χ0n) is 43.8. The van der Waals surface area contributed by atoms with E-state index in [0.717, 1.165) is 78.2 Å². The van der Waals surface area contributed by atoms with E-state index in [0.29, 0.717) is 0 Å². The predicted octanol–water partition coefficient (Wildman–Crippen LogP) is 19.0. The van der Waals surface area contributed by atoms with Gasteiger partial charge in [0, 0.05) is 74.1 Å². The third-order valence-corrected chi connectivity index (χ3v) is 18.4. The van der Waals surface area contributed by atoms with Crippen LogP contribution in [0.5, 0.6) is 0 Å². The van der Waals surface area contributed by atoms with E-state index >= 15 is 0 Å². The van der Waals surface area contributed by atoms with Gasteiger partial charge in [0.15, 0.2) is 0 Å². The van der Waals surface area contributed by atoms with Crippen LogP contribution in [0.1, 0.15) is 52.7 Å². The van der Waals surface area contributed by atoms with E-state index in [1.165, 1.54) is 69.1 Å². The van der Waals surface area contributed by atoms with Crippen molar-refractivity contribution in [3.8, 4) is 44.9 Å². The molecule has 0 N–H and O–H groups in total. The molecule has 0 unspecified atom stereocenters. The van der Waals surface area contributed by atoms with Crippen molar-refractivity contribution >= 4 is 121 Å². The minimum atomic E-state index is -0.0534. The van der Waals surface area contributed by atoms with E-state index < -0.39 is 0 Å². The molecular formula is C70H53BN2O2S2. The van der Waals surface area contributed by atoms with Crippen LogP contribution in [0.25, 0.3) is 87.0 Å². The minimum absolute atomic E-state index is 0.0327. The summed E-state index contributed by atoms with van der Waals surface area (Å²) in [5, 5.41) is 4.74. The first-order chi connectivity index (χ1) is 37.4. The van der Waals surface area contributed by atoms with Crippen LogP contribution in [-0.2, 0) is 10.8 Å². The second-order valence-corrected chi connectivity index (χ2v) is 25.0. The molecular weight excluding hydrogens is 976 g/mol. The summed E-state index contributed by atoms with van der Waals surface area (Å²) in [6.45, 7) is 13.9. The lowest BCUT2D eigenvalue weighted by molar-refractivity contribution is 0.591. The van der Waals surface area contributed by atoms with E-state index in [1.807, 2.05) is 34.8 Å². The maximum absolute atomic E-state index is 6.59. The molecule has 0 radical (unpaired) electrons. The number of fused-ring (bicyclic) bond motifs is 10. The van der Waals surface area contributed by atoms with Crippen LogP contribution in [0.2, 0.25) is 0 Å². The van der Waals surface area contributed by atoms with Gasteiger partial charge in [0.25, 0.3) is 6.71 Å². The Morgan fingerprint density at radius 3 is 1.23 bits per heavy atom. The molecule has 9 aromatic carbocycles. The molecule has 0 atom stereocenters. The van der Waals surface area contributed by atoms with Gasteiger partial charge in [-0.15, -0.1) is 22.7 Å². The van der Waals surface area contributed by atoms with Crippen LogP contribution in [0.4, 0.5) is 34.1 Å². The Morgan fingerprint density at radius 2 is 0.805 bits per heavy atom. The molecule has 13 aromatic rings. The number of hydrogen-bond acceptors (Lipinski definition) is 6. The molecule has 2 aliphatic heterocycles. The summed E-state index contributed by atoms with van der Waals surface area (Å²) in [6.07, 6.45) is 0. The molecule has 0 bridgehead atoms. The van der Waals surface area contributed by atoms with Crippen molar-refractivity contribution in [2.75, 3.05) is 9.80 Å². The highest BCUT2D eigenvalue weighted by atomic mass is 32.1. The molecule has 0 amide bonds. The molecule has 0 saturated carbocycles. The van der Waals surface area contributed by atoms with Gasteiger partial charge in [-0.05, 0) is 136 Å². The average Bonchev–Trinajstić information content (AvgIpc) is 4.37. The van der Waals surface area contributed by atoms with E-state index in [-0.39, 0.29) is 17.5 Å². The van der Waals surface area contributed by atoms with Crippen LogP contribution in [0.3, 0.4) is 0 Å². The number of benzene rings is 9. The van der Waals surface area contributed by atoms with Crippen molar-refractivity contribution in [1.29, 1.82) is 0 Å². The lowest BCUT2D eigenvalue weighted by atomic mass is 9.39. The molecule has 370 valence electrons. The molecule has 0 aliphatic carbocycles. The molecule has 4 nitrogen and oxygen atoms in total. The van der Waals surface area contributed by atoms with Gasteiger partial charge >= 0.3 is 0 Å². The van der Waals surface area contributed by atoms with Crippen LogP contribution >= 0.6 is 22.7 Å². The molecule has 4 aromatic heterocycles. The van der Waals surface area contributed by atoms with Gasteiger partial charge < -0.3 is 18.6 Å². The monoisotopic (exact) mass is 1030 g/mol. The van der Waals surface area contributed by atoms with Gasteiger partial charge in [0.05, 0.1) is 22.7 Å². The maximum atomic E-state index is 6.59. The summed E-state index contributed by atoms with van der Waals surface area (Å²) < 4.78 is 18.5. The smallest absolute Gasteiger partial charge is 0.277 e. The quantitative estimate of drug-likeness (QED) is 0.155. The molecule has 0 fully saturated rings. The average molecular weight is 1030 g/mol. The van der Waals surface area contributed by atoms with Crippen molar-refractivity contribution < 1.29 is 8.83 Å². The normalized spacial score (nSPS) is 13.2. The van der Waals surface area contributed by atoms with Crippen molar-refractivity contribution in [1.82, 2.24) is 0 Å². The fourth-order valence-electron chi connectivity index (χ4n) is 12.1. The van der Waals surface area contributed by atoms with Crippen LogP contribution < -0.4 is 24.8 Å². The highest BCUT2D eigenvalue weighted by molar-refractivity contribution is 7.40. The van der Waals surface area contributed by atoms with E-state index in [1.54, 1.807) is 0 Å². The Bertz CT molecular complexity index is 4160. The lowest BCUT2D eigenvalue weighted by Gasteiger charge is -2.43. The first-order valence-electron chi connectivity index (χ1n) is 26.7. The molecule has 7 heteroatoms. The largest absolute Gasteiger partial charge is 0.456 e. The van der Waals surface area contributed by atoms with E-state index in [9.17, 15) is 0 Å². The van der Waals surface area contributed by atoms with E-state index in [2.05, 4.69) is 252 Å². The summed E-state index contributed by atoms with van der Waals surface area (Å²) >= 11 is 3.92. The van der Waals surface area contributed by atoms with Gasteiger partial charge in [0.1, 0.15) is 22.7 Å². The summed E-state index contributed by atoms with van der Waals surface area (Å²) in [5.41, 5.74) is 19.3. The standard InChI is InChI=1S/C70H53BN2O2S2/c1-69(2,3)48-30-34-62-52(40-48)65-67(76-62)71-64-56(72(65)54-32-28-46(36-50(54)42-18-9-7-10-19-42)60-38-44-22-13-15-26-58(44)74-60)24-17-25-57(64)73(66-53-41-49(70(4,5)6)31-35-63(53)77-68(66)71)55-33-29-47(37-51(55)43-20-11-8-12-21-43)61-39-45-23-14-16-27-59(45)75-61/h7-41H,1-6H3. The molecule has 77 heavy (non-hydrogen) atoms. The van der Waals surface area contributed by atoms with Crippen molar-refractivity contribution in [3.63, 3.8) is 0 Å². The number of anilines is 6. The van der Waals surface area contributed by atoms with Gasteiger partial charge in [-0.3, -0.25) is 0 Å². The highest BCUT2D eigenvalue weighted by Crippen LogP contribution is 2.54. The first kappa shape index (κ1) is 46.0. The van der Waals surface area contributed by atoms with Crippen LogP contribution in [-0.4, -0.2) is 6.71 Å². The zero-order valence-corrected chi connectivity index (χ0v) is 45.4. The number of furan rings is 2. The molecule has 0 saturated heterocycles. The SMILES string of the molecule is CC(C)(C)c1ccc2sc3c(c2c1)N(c1ccc(-c2cc4ccccc4o2)cc1-c1ccccc1)c1cccc2c1B3c1sc3ccc(C(C)(C)C)cc3c1N2c1ccc(-c2cc3ccccc3o2)cc1-c1ccccc1. The van der Waals surface area contributed by atoms with Crippen molar-refractivity contribution in [2.24, 2.45) is 0 Å². The third kappa shape index (κ3) is 7.31. The number of rotatable bonds is 6. The van der Waals surface area contributed by atoms with Gasteiger partial charge in [0.2, 0.25) is 0 Å². The Kier molecular flexibility index (Phi) is 10.2.